The van der Waals surface area contributed by atoms with E-state index >= 15 is 0 Å². The number of nitrogens with zero attached hydrogens (tertiary/aromatic N) is 1. The van der Waals surface area contributed by atoms with E-state index in [9.17, 15) is 0 Å². The molecule has 1 nitrogen and oxygen atoms in total. The van der Waals surface area contributed by atoms with Crippen LogP contribution in [0.1, 0.15) is 69.5 Å². The first kappa shape index (κ1) is 23.1. The van der Waals surface area contributed by atoms with Gasteiger partial charge in [-0.05, 0) is 30.4 Å². The van der Waals surface area contributed by atoms with E-state index in [-0.39, 0.29) is 10.8 Å². The molecule has 0 bridgehead atoms. The van der Waals surface area contributed by atoms with Crippen LogP contribution in [0.5, 0.6) is 0 Å². The molecule has 0 fully saturated rings. The molecule has 0 spiro atoms. The predicted molar refractivity (Wildman–Crippen MR) is 124 cm³/mol. The molecule has 0 saturated carbocycles. The van der Waals surface area contributed by atoms with Gasteiger partial charge in [0.05, 0.1) is 9.88 Å². The SMILES string of the molecule is C=C(C)/C=C\C(=C)c1cnc(C(C)(C)C)s1.Cc1ccc(C(C)(C)C)cc1. The van der Waals surface area contributed by atoms with Crippen molar-refractivity contribution >= 4 is 16.9 Å². The Hall–Kier alpha value is -1.93. The van der Waals surface area contributed by atoms with Crippen molar-refractivity contribution in [2.75, 3.05) is 0 Å². The molecule has 0 saturated heterocycles. The molecule has 0 atom stereocenters. The fourth-order valence-corrected chi connectivity index (χ4v) is 3.07. The van der Waals surface area contributed by atoms with E-state index in [1.807, 2.05) is 25.3 Å². The molecule has 0 unspecified atom stereocenters. The molecule has 0 aliphatic rings. The molecule has 2 aromatic rings. The van der Waals surface area contributed by atoms with E-state index in [0.717, 1.165) is 21.0 Å². The largest absolute Gasteiger partial charge is 0.248 e. The number of thiazole rings is 1. The second-order valence-corrected chi connectivity index (χ2v) is 10.1. The average Bonchev–Trinajstić information content (AvgIpc) is 3.03. The van der Waals surface area contributed by atoms with E-state index in [1.54, 1.807) is 11.3 Å². The highest BCUT2D eigenvalue weighted by Crippen LogP contribution is 2.30. The Morgan fingerprint density at radius 1 is 0.926 bits per heavy atom. The Balaban J connectivity index is 0.000000289. The lowest BCUT2D eigenvalue weighted by atomic mass is 9.87. The molecule has 0 N–H and O–H groups in total. The van der Waals surface area contributed by atoms with Gasteiger partial charge in [-0.2, -0.15) is 0 Å². The van der Waals surface area contributed by atoms with Crippen molar-refractivity contribution in [1.82, 2.24) is 4.98 Å². The van der Waals surface area contributed by atoms with Crippen LogP contribution in [0.4, 0.5) is 0 Å². The highest BCUT2D eigenvalue weighted by Gasteiger charge is 2.18. The number of hydrogen-bond acceptors (Lipinski definition) is 2. The number of rotatable bonds is 3. The van der Waals surface area contributed by atoms with Crippen LogP contribution >= 0.6 is 11.3 Å². The summed E-state index contributed by atoms with van der Waals surface area (Å²) in [6.45, 7) is 25.2. The van der Waals surface area contributed by atoms with E-state index in [2.05, 4.69) is 90.9 Å². The van der Waals surface area contributed by atoms with Crippen molar-refractivity contribution in [2.45, 2.75) is 66.2 Å². The quantitative estimate of drug-likeness (QED) is 0.493. The maximum absolute atomic E-state index is 4.44. The van der Waals surface area contributed by atoms with Crippen LogP contribution in [-0.2, 0) is 10.8 Å². The maximum Gasteiger partial charge on any atom is 0.0984 e. The summed E-state index contributed by atoms with van der Waals surface area (Å²) in [6.07, 6.45) is 5.86. The van der Waals surface area contributed by atoms with E-state index in [1.165, 1.54) is 11.1 Å². The van der Waals surface area contributed by atoms with Gasteiger partial charge in [-0.3, -0.25) is 0 Å². The fourth-order valence-electron chi connectivity index (χ4n) is 2.15. The van der Waals surface area contributed by atoms with Gasteiger partial charge in [0.15, 0.2) is 0 Å². The maximum atomic E-state index is 4.44. The first-order valence-corrected chi connectivity index (χ1v) is 10.2. The summed E-state index contributed by atoms with van der Waals surface area (Å²) in [5, 5.41) is 1.15. The minimum absolute atomic E-state index is 0.112. The van der Waals surface area contributed by atoms with Gasteiger partial charge in [0.2, 0.25) is 0 Å². The zero-order chi connectivity index (χ0) is 20.8. The third-order valence-electron chi connectivity index (χ3n) is 3.95. The zero-order valence-electron chi connectivity index (χ0n) is 18.3. The molecule has 27 heavy (non-hydrogen) atoms. The summed E-state index contributed by atoms with van der Waals surface area (Å²) in [5.74, 6) is 0. The number of benzene rings is 1. The summed E-state index contributed by atoms with van der Waals surface area (Å²) < 4.78 is 0. The van der Waals surface area contributed by atoms with Gasteiger partial charge in [0.25, 0.3) is 0 Å². The van der Waals surface area contributed by atoms with E-state index < -0.39 is 0 Å². The third-order valence-corrected chi connectivity index (χ3v) is 5.45. The Labute approximate surface area is 170 Å². The molecular formula is C25H35NS. The number of allylic oxidation sites excluding steroid dienone is 4. The smallest absolute Gasteiger partial charge is 0.0984 e. The predicted octanol–water partition coefficient (Wildman–Crippen LogP) is 7.88. The van der Waals surface area contributed by atoms with Gasteiger partial charge < -0.3 is 0 Å². The second-order valence-electron chi connectivity index (χ2n) is 9.10. The molecule has 2 rings (SSSR count). The lowest BCUT2D eigenvalue weighted by Crippen LogP contribution is -2.10. The number of aromatic nitrogens is 1. The summed E-state index contributed by atoms with van der Waals surface area (Å²) in [4.78, 5) is 5.56. The van der Waals surface area contributed by atoms with Crippen molar-refractivity contribution in [3.8, 4) is 0 Å². The van der Waals surface area contributed by atoms with Crippen LogP contribution in [0.25, 0.3) is 5.57 Å². The molecule has 146 valence electrons. The first-order valence-electron chi connectivity index (χ1n) is 9.37. The van der Waals surface area contributed by atoms with E-state index in [0.29, 0.717) is 0 Å². The third kappa shape index (κ3) is 8.09. The van der Waals surface area contributed by atoms with Crippen LogP contribution in [0.15, 0.2) is 61.3 Å². The van der Waals surface area contributed by atoms with Gasteiger partial charge >= 0.3 is 0 Å². The molecule has 1 aromatic carbocycles. The molecule has 1 heterocycles. The molecule has 2 heteroatoms. The number of hydrogen-bond donors (Lipinski definition) is 0. The van der Waals surface area contributed by atoms with Crippen molar-refractivity contribution in [2.24, 2.45) is 0 Å². The number of aryl methyl sites for hydroxylation is 1. The van der Waals surface area contributed by atoms with Gasteiger partial charge in [-0.1, -0.05) is 102 Å². The highest BCUT2D eigenvalue weighted by atomic mass is 32.1. The summed E-state index contributed by atoms with van der Waals surface area (Å²) in [5.41, 5.74) is 5.16. The summed E-state index contributed by atoms with van der Waals surface area (Å²) in [7, 11) is 0. The van der Waals surface area contributed by atoms with E-state index in [4.69, 9.17) is 0 Å². The molecule has 0 aliphatic carbocycles. The topological polar surface area (TPSA) is 12.9 Å². The fraction of sp³-hybridized carbons (Fsp3) is 0.400. The van der Waals surface area contributed by atoms with Gasteiger partial charge in [0.1, 0.15) is 0 Å². The Bertz CT molecular complexity index is 790. The lowest BCUT2D eigenvalue weighted by molar-refractivity contribution is 0.585. The Kier molecular flexibility index (Phi) is 7.98. The Morgan fingerprint density at radius 3 is 1.89 bits per heavy atom. The van der Waals surface area contributed by atoms with Crippen LogP contribution in [-0.4, -0.2) is 4.98 Å². The monoisotopic (exact) mass is 381 g/mol. The van der Waals surface area contributed by atoms with Crippen molar-refractivity contribution in [3.63, 3.8) is 0 Å². The van der Waals surface area contributed by atoms with Crippen LogP contribution in [0.2, 0.25) is 0 Å². The molecule has 0 aliphatic heterocycles. The van der Waals surface area contributed by atoms with Crippen LogP contribution in [0, 0.1) is 6.92 Å². The zero-order valence-corrected chi connectivity index (χ0v) is 19.1. The standard InChI is InChI=1S/C14H19NS.C11H16/c1-10(2)7-8-11(3)12-9-15-13(16-12)14(4,5)6;1-9-5-7-10(8-6-9)11(2,3)4/h7-9H,1,3H2,2,4-6H3;5-8H,1-4H3/b8-7-;. The molecule has 0 radical (unpaired) electrons. The minimum atomic E-state index is 0.112. The molecule has 1 aromatic heterocycles. The molecule has 0 amide bonds. The minimum Gasteiger partial charge on any atom is -0.248 e. The van der Waals surface area contributed by atoms with Gasteiger partial charge in [0, 0.05) is 11.6 Å². The van der Waals surface area contributed by atoms with Crippen LogP contribution < -0.4 is 0 Å². The summed E-state index contributed by atoms with van der Waals surface area (Å²) >= 11 is 1.71. The Morgan fingerprint density at radius 2 is 1.48 bits per heavy atom. The van der Waals surface area contributed by atoms with Crippen LogP contribution in [0.3, 0.4) is 0 Å². The lowest BCUT2D eigenvalue weighted by Gasteiger charge is -2.18. The molecular weight excluding hydrogens is 346 g/mol. The normalized spacial score (nSPS) is 11.9. The van der Waals surface area contributed by atoms with Crippen molar-refractivity contribution in [3.05, 3.63) is 82.4 Å². The van der Waals surface area contributed by atoms with Gasteiger partial charge in [-0.25, -0.2) is 4.98 Å². The second kappa shape index (κ2) is 9.32. The van der Waals surface area contributed by atoms with Crippen molar-refractivity contribution in [1.29, 1.82) is 0 Å². The summed E-state index contributed by atoms with van der Waals surface area (Å²) in [6, 6.07) is 8.74. The van der Waals surface area contributed by atoms with Crippen molar-refractivity contribution < 1.29 is 0 Å². The van der Waals surface area contributed by atoms with Gasteiger partial charge in [-0.15, -0.1) is 11.3 Å². The highest BCUT2D eigenvalue weighted by molar-refractivity contribution is 7.12. The average molecular weight is 382 g/mol. The first-order chi connectivity index (χ1) is 12.3.